The molecule has 1 aliphatic heterocycles. The molecule has 0 spiro atoms. The van der Waals surface area contributed by atoms with E-state index in [1.807, 2.05) is 4.90 Å². The first-order valence-corrected chi connectivity index (χ1v) is 10.2. The van der Waals surface area contributed by atoms with E-state index in [0.29, 0.717) is 48.3 Å². The van der Waals surface area contributed by atoms with Crippen LogP contribution in [0.3, 0.4) is 0 Å². The van der Waals surface area contributed by atoms with Crippen LogP contribution in [0, 0.1) is 17.6 Å². The zero-order valence-corrected chi connectivity index (χ0v) is 15.5. The highest BCUT2D eigenvalue weighted by Crippen LogP contribution is 2.32. The number of benzene rings is 1. The van der Waals surface area contributed by atoms with Crippen LogP contribution in [0.1, 0.15) is 38.5 Å². The van der Waals surface area contributed by atoms with Crippen LogP contribution in [-0.4, -0.2) is 42.0 Å². The predicted octanol–water partition coefficient (Wildman–Crippen LogP) is 4.19. The Kier molecular flexibility index (Phi) is 5.07. The highest BCUT2D eigenvalue weighted by atomic mass is 32.1. The summed E-state index contributed by atoms with van der Waals surface area (Å²) < 4.78 is 27.7. The van der Waals surface area contributed by atoms with E-state index in [0.717, 1.165) is 6.07 Å². The smallest absolute Gasteiger partial charge is 0.222 e. The van der Waals surface area contributed by atoms with Gasteiger partial charge in [0.2, 0.25) is 5.91 Å². The van der Waals surface area contributed by atoms with Gasteiger partial charge in [0, 0.05) is 38.7 Å². The summed E-state index contributed by atoms with van der Waals surface area (Å²) in [5, 5.41) is 0.698. The molecule has 26 heavy (non-hydrogen) atoms. The van der Waals surface area contributed by atoms with Gasteiger partial charge in [-0.15, -0.1) is 0 Å². The molecule has 0 unspecified atom stereocenters. The number of thiazole rings is 1. The van der Waals surface area contributed by atoms with E-state index in [9.17, 15) is 13.6 Å². The molecule has 2 heterocycles. The number of carbonyl (C=O) groups excluding carboxylic acids is 1. The van der Waals surface area contributed by atoms with Crippen LogP contribution in [0.2, 0.25) is 0 Å². The Balaban J connectivity index is 1.37. The van der Waals surface area contributed by atoms with Crippen molar-refractivity contribution in [3.63, 3.8) is 0 Å². The van der Waals surface area contributed by atoms with Crippen molar-refractivity contribution in [1.29, 1.82) is 0 Å². The number of hydrogen-bond acceptors (Lipinski definition) is 4. The number of halogens is 2. The largest absolute Gasteiger partial charge is 0.345 e. The van der Waals surface area contributed by atoms with Gasteiger partial charge in [-0.3, -0.25) is 4.79 Å². The van der Waals surface area contributed by atoms with Crippen LogP contribution in [-0.2, 0) is 4.79 Å². The van der Waals surface area contributed by atoms with Gasteiger partial charge in [-0.1, -0.05) is 30.6 Å². The zero-order valence-electron chi connectivity index (χ0n) is 14.7. The topological polar surface area (TPSA) is 36.4 Å². The number of fused-ring (bicyclic) bond motifs is 1. The number of aromatic nitrogens is 1. The van der Waals surface area contributed by atoms with Crippen LogP contribution in [0.5, 0.6) is 0 Å². The third kappa shape index (κ3) is 3.68. The summed E-state index contributed by atoms with van der Waals surface area (Å²) in [7, 11) is 0. The minimum Gasteiger partial charge on any atom is -0.345 e. The second-order valence-electron chi connectivity index (χ2n) is 7.31. The molecule has 0 radical (unpaired) electrons. The maximum Gasteiger partial charge on any atom is 0.222 e. The Bertz CT molecular complexity index is 795. The van der Waals surface area contributed by atoms with Gasteiger partial charge in [-0.2, -0.15) is 0 Å². The molecule has 140 valence electrons. The van der Waals surface area contributed by atoms with E-state index in [1.54, 1.807) is 0 Å². The van der Waals surface area contributed by atoms with Gasteiger partial charge in [-0.05, 0) is 24.8 Å². The lowest BCUT2D eigenvalue weighted by molar-refractivity contribution is -0.132. The Morgan fingerprint density at radius 1 is 1.12 bits per heavy atom. The van der Waals surface area contributed by atoms with Gasteiger partial charge in [0.05, 0.1) is 4.70 Å². The lowest BCUT2D eigenvalue weighted by atomic mass is 9.86. The second kappa shape index (κ2) is 7.47. The summed E-state index contributed by atoms with van der Waals surface area (Å²) in [6, 6.07) is 2.19. The van der Waals surface area contributed by atoms with Crippen molar-refractivity contribution in [3.8, 4) is 0 Å². The summed E-state index contributed by atoms with van der Waals surface area (Å²) in [5.41, 5.74) is 0.224. The number of carbonyl (C=O) groups is 1. The van der Waals surface area contributed by atoms with Gasteiger partial charge < -0.3 is 9.80 Å². The van der Waals surface area contributed by atoms with Gasteiger partial charge in [0.25, 0.3) is 0 Å². The van der Waals surface area contributed by atoms with E-state index in [-0.39, 0.29) is 11.4 Å². The molecule has 4 rings (SSSR count). The number of amides is 1. The van der Waals surface area contributed by atoms with E-state index in [1.165, 1.54) is 49.5 Å². The third-order valence-electron chi connectivity index (χ3n) is 5.49. The SMILES string of the molecule is O=C(CC1CCCCC1)N1CCN(c2nc3c(F)cc(F)cc3s2)CC1. The van der Waals surface area contributed by atoms with E-state index >= 15 is 0 Å². The standard InChI is InChI=1S/C19H23F2N3OS/c20-14-11-15(21)18-16(12-14)26-19(22-18)24-8-6-23(7-9-24)17(25)10-13-4-2-1-3-5-13/h11-13H,1-10H2. The molecule has 2 aliphatic rings. The molecule has 1 aliphatic carbocycles. The van der Waals surface area contributed by atoms with Crippen LogP contribution < -0.4 is 4.90 Å². The van der Waals surface area contributed by atoms with Crippen molar-refractivity contribution in [2.45, 2.75) is 38.5 Å². The fourth-order valence-electron chi connectivity index (χ4n) is 4.00. The fourth-order valence-corrected chi connectivity index (χ4v) is 5.05. The summed E-state index contributed by atoms with van der Waals surface area (Å²) in [5.74, 6) is -0.391. The number of rotatable bonds is 3. The Morgan fingerprint density at radius 2 is 1.85 bits per heavy atom. The molecule has 0 N–H and O–H groups in total. The molecule has 1 aromatic heterocycles. The third-order valence-corrected chi connectivity index (χ3v) is 6.56. The zero-order chi connectivity index (χ0) is 18.1. The van der Waals surface area contributed by atoms with Crippen molar-refractivity contribution in [2.75, 3.05) is 31.1 Å². The molecular formula is C19H23F2N3OS. The van der Waals surface area contributed by atoms with Gasteiger partial charge in [-0.25, -0.2) is 13.8 Å². The van der Waals surface area contributed by atoms with Crippen molar-refractivity contribution < 1.29 is 13.6 Å². The van der Waals surface area contributed by atoms with Crippen molar-refractivity contribution >= 4 is 32.6 Å². The number of hydrogen-bond donors (Lipinski definition) is 0. The minimum absolute atomic E-state index is 0.224. The monoisotopic (exact) mass is 379 g/mol. The van der Waals surface area contributed by atoms with Crippen LogP contribution in [0.4, 0.5) is 13.9 Å². The molecule has 1 saturated carbocycles. The molecular weight excluding hydrogens is 356 g/mol. The highest BCUT2D eigenvalue weighted by molar-refractivity contribution is 7.22. The molecule has 1 aromatic carbocycles. The lowest BCUT2D eigenvalue weighted by Gasteiger charge is -2.35. The Labute approximate surface area is 155 Å². The highest BCUT2D eigenvalue weighted by Gasteiger charge is 2.26. The molecule has 1 saturated heterocycles. The maximum absolute atomic E-state index is 13.9. The first-order valence-electron chi connectivity index (χ1n) is 9.38. The molecule has 0 bridgehead atoms. The van der Waals surface area contributed by atoms with E-state index in [2.05, 4.69) is 9.88 Å². The van der Waals surface area contributed by atoms with E-state index in [4.69, 9.17) is 0 Å². The Hall–Kier alpha value is -1.76. The van der Waals surface area contributed by atoms with Crippen LogP contribution >= 0.6 is 11.3 Å². The quantitative estimate of drug-likeness (QED) is 0.802. The van der Waals surface area contributed by atoms with Crippen molar-refractivity contribution in [1.82, 2.24) is 9.88 Å². The van der Waals surface area contributed by atoms with Crippen LogP contribution in [0.25, 0.3) is 10.2 Å². The summed E-state index contributed by atoms with van der Waals surface area (Å²) >= 11 is 1.30. The summed E-state index contributed by atoms with van der Waals surface area (Å²) in [6.07, 6.45) is 6.84. The predicted molar refractivity (Wildman–Crippen MR) is 99.5 cm³/mol. The normalized spacial score (nSPS) is 19.3. The molecule has 1 amide bonds. The first kappa shape index (κ1) is 17.6. The second-order valence-corrected chi connectivity index (χ2v) is 8.32. The molecule has 0 atom stereocenters. The van der Waals surface area contributed by atoms with Crippen molar-refractivity contribution in [2.24, 2.45) is 5.92 Å². The number of piperazine rings is 1. The maximum atomic E-state index is 13.9. The first-order chi connectivity index (χ1) is 12.6. The van der Waals surface area contributed by atoms with Gasteiger partial charge >= 0.3 is 0 Å². The number of nitrogens with zero attached hydrogens (tertiary/aromatic N) is 3. The molecule has 2 fully saturated rings. The minimum atomic E-state index is -0.621. The average molecular weight is 379 g/mol. The summed E-state index contributed by atoms with van der Waals surface area (Å²) in [4.78, 5) is 20.9. The van der Waals surface area contributed by atoms with Gasteiger partial charge in [0.1, 0.15) is 11.3 Å². The number of anilines is 1. The molecule has 2 aromatic rings. The summed E-state index contributed by atoms with van der Waals surface area (Å²) in [6.45, 7) is 2.69. The average Bonchev–Trinajstić information content (AvgIpc) is 3.07. The van der Waals surface area contributed by atoms with E-state index < -0.39 is 11.6 Å². The lowest BCUT2D eigenvalue weighted by Crippen LogP contribution is -2.49. The fraction of sp³-hybridized carbons (Fsp3) is 0.579. The van der Waals surface area contributed by atoms with Crippen molar-refractivity contribution in [3.05, 3.63) is 23.8 Å². The van der Waals surface area contributed by atoms with Crippen LogP contribution in [0.15, 0.2) is 12.1 Å². The molecule has 4 nitrogen and oxygen atoms in total. The van der Waals surface area contributed by atoms with Gasteiger partial charge in [0.15, 0.2) is 10.9 Å². The Morgan fingerprint density at radius 3 is 2.58 bits per heavy atom. The molecule has 7 heteroatoms.